The lowest BCUT2D eigenvalue weighted by Crippen LogP contribution is -2.37. The molecule has 4 aromatic rings. The Morgan fingerprint density at radius 1 is 1.09 bits per heavy atom. The SMILES string of the molecule is Cc1cccc(C=NNc2nc(N3CCOCC3)nc3c2ncn3-c2cccc(OC3CC3)c2)c1. The molecule has 0 bridgehead atoms. The molecule has 1 aliphatic heterocycles. The summed E-state index contributed by atoms with van der Waals surface area (Å²) < 4.78 is 13.5. The molecule has 2 aromatic carbocycles. The topological polar surface area (TPSA) is 89.7 Å². The van der Waals surface area contributed by atoms with Gasteiger partial charge in [0.2, 0.25) is 5.95 Å². The van der Waals surface area contributed by atoms with Gasteiger partial charge in [-0.05, 0) is 37.5 Å². The molecule has 1 aliphatic carbocycles. The average Bonchev–Trinajstić information content (AvgIpc) is 3.59. The zero-order chi connectivity index (χ0) is 23.6. The standard InChI is InChI=1S/C26H27N7O2/c1-18-4-2-5-19(14-18)16-28-31-24-23-25(30-26(29-24)32-10-12-34-13-11-32)33(17-27-23)20-6-3-7-22(15-20)35-21-8-9-21/h2-7,14-17,21H,8-13H2,1H3,(H,29,30,31). The number of imidazole rings is 1. The highest BCUT2D eigenvalue weighted by Crippen LogP contribution is 2.30. The fourth-order valence-electron chi connectivity index (χ4n) is 4.06. The average molecular weight is 470 g/mol. The molecule has 1 saturated heterocycles. The Hall–Kier alpha value is -3.98. The van der Waals surface area contributed by atoms with Gasteiger partial charge in [-0.2, -0.15) is 15.1 Å². The highest BCUT2D eigenvalue weighted by molar-refractivity contribution is 5.87. The Labute approximate surface area is 203 Å². The summed E-state index contributed by atoms with van der Waals surface area (Å²) in [7, 11) is 0. The van der Waals surface area contributed by atoms with Crippen LogP contribution in [0.2, 0.25) is 0 Å². The Bertz CT molecular complexity index is 1370. The lowest BCUT2D eigenvalue weighted by molar-refractivity contribution is 0.122. The number of nitrogens with zero attached hydrogens (tertiary/aromatic N) is 6. The highest BCUT2D eigenvalue weighted by Gasteiger charge is 2.24. The number of morpholine rings is 1. The smallest absolute Gasteiger partial charge is 0.229 e. The van der Waals surface area contributed by atoms with Crippen LogP contribution in [0.1, 0.15) is 24.0 Å². The number of aryl methyl sites for hydroxylation is 1. The van der Waals surface area contributed by atoms with Gasteiger partial charge in [-0.1, -0.05) is 35.9 Å². The number of ether oxygens (including phenoxy) is 2. The van der Waals surface area contributed by atoms with Crippen LogP contribution in [-0.4, -0.2) is 58.1 Å². The zero-order valence-corrected chi connectivity index (χ0v) is 19.6. The van der Waals surface area contributed by atoms with Gasteiger partial charge in [0, 0.05) is 19.2 Å². The number of hydrogen-bond acceptors (Lipinski definition) is 8. The fraction of sp³-hybridized carbons (Fsp3) is 0.308. The molecule has 2 fully saturated rings. The van der Waals surface area contributed by atoms with Crippen LogP contribution >= 0.6 is 0 Å². The molecule has 0 radical (unpaired) electrons. The first-order chi connectivity index (χ1) is 17.2. The van der Waals surface area contributed by atoms with E-state index in [9.17, 15) is 0 Å². The number of hydrazone groups is 1. The van der Waals surface area contributed by atoms with Crippen molar-refractivity contribution >= 4 is 29.1 Å². The van der Waals surface area contributed by atoms with Crippen LogP contribution in [0.3, 0.4) is 0 Å². The second-order valence-corrected chi connectivity index (χ2v) is 8.86. The minimum Gasteiger partial charge on any atom is -0.490 e. The molecule has 0 spiro atoms. The van der Waals surface area contributed by atoms with Crippen LogP contribution in [0, 0.1) is 6.92 Å². The maximum atomic E-state index is 6.00. The molecule has 1 saturated carbocycles. The minimum atomic E-state index is 0.335. The van der Waals surface area contributed by atoms with Crippen LogP contribution < -0.4 is 15.1 Å². The Kier molecular flexibility index (Phi) is 5.75. The molecule has 1 N–H and O–H groups in total. The van der Waals surface area contributed by atoms with Gasteiger partial charge < -0.3 is 14.4 Å². The van der Waals surface area contributed by atoms with Crippen LogP contribution in [-0.2, 0) is 4.74 Å². The van der Waals surface area contributed by atoms with Crippen molar-refractivity contribution in [3.8, 4) is 11.4 Å². The van der Waals surface area contributed by atoms with Crippen LogP contribution in [0.5, 0.6) is 5.75 Å². The number of anilines is 2. The molecule has 9 heteroatoms. The third-order valence-electron chi connectivity index (χ3n) is 6.03. The van der Waals surface area contributed by atoms with E-state index in [2.05, 4.69) is 39.5 Å². The maximum Gasteiger partial charge on any atom is 0.229 e. The minimum absolute atomic E-state index is 0.335. The van der Waals surface area contributed by atoms with Crippen LogP contribution in [0.4, 0.5) is 11.8 Å². The van der Waals surface area contributed by atoms with E-state index in [1.807, 2.05) is 41.0 Å². The second kappa shape index (κ2) is 9.34. The molecule has 0 unspecified atom stereocenters. The Morgan fingerprint density at radius 2 is 1.94 bits per heavy atom. The third kappa shape index (κ3) is 4.81. The van der Waals surface area contributed by atoms with Gasteiger partial charge in [0.25, 0.3) is 0 Å². The first-order valence-electron chi connectivity index (χ1n) is 11.9. The first-order valence-corrected chi connectivity index (χ1v) is 11.9. The second-order valence-electron chi connectivity index (χ2n) is 8.86. The molecular weight excluding hydrogens is 442 g/mol. The number of fused-ring (bicyclic) bond motifs is 1. The van der Waals surface area contributed by atoms with Gasteiger partial charge in [-0.25, -0.2) is 4.98 Å². The molecule has 0 amide bonds. The molecule has 3 heterocycles. The Morgan fingerprint density at radius 3 is 2.77 bits per heavy atom. The summed E-state index contributed by atoms with van der Waals surface area (Å²) in [6.07, 6.45) is 6.13. The largest absolute Gasteiger partial charge is 0.490 e. The van der Waals surface area contributed by atoms with E-state index >= 15 is 0 Å². The van der Waals surface area contributed by atoms with Crippen molar-refractivity contribution in [2.24, 2.45) is 5.10 Å². The lowest BCUT2D eigenvalue weighted by atomic mass is 10.2. The van der Waals surface area contributed by atoms with E-state index in [1.165, 1.54) is 5.56 Å². The van der Waals surface area contributed by atoms with Gasteiger partial charge in [0.1, 0.15) is 12.1 Å². The summed E-state index contributed by atoms with van der Waals surface area (Å²) in [6.45, 7) is 4.82. The van der Waals surface area contributed by atoms with E-state index in [1.54, 1.807) is 12.5 Å². The first kappa shape index (κ1) is 21.5. The molecule has 0 atom stereocenters. The lowest BCUT2D eigenvalue weighted by Gasteiger charge is -2.27. The Balaban J connectivity index is 1.37. The van der Waals surface area contributed by atoms with E-state index in [0.29, 0.717) is 42.2 Å². The normalized spacial score (nSPS) is 16.2. The van der Waals surface area contributed by atoms with Gasteiger partial charge in [0.15, 0.2) is 17.0 Å². The van der Waals surface area contributed by atoms with E-state index in [-0.39, 0.29) is 0 Å². The number of aromatic nitrogens is 4. The summed E-state index contributed by atoms with van der Waals surface area (Å²) in [5.74, 6) is 2.04. The monoisotopic (exact) mass is 469 g/mol. The van der Waals surface area contributed by atoms with Crippen molar-refractivity contribution in [2.75, 3.05) is 36.6 Å². The van der Waals surface area contributed by atoms with Crippen LogP contribution in [0.25, 0.3) is 16.9 Å². The van der Waals surface area contributed by atoms with E-state index in [0.717, 1.165) is 42.9 Å². The number of rotatable bonds is 7. The van der Waals surface area contributed by atoms with Crippen molar-refractivity contribution in [3.63, 3.8) is 0 Å². The van der Waals surface area contributed by atoms with E-state index < -0.39 is 0 Å². The molecule has 6 rings (SSSR count). The third-order valence-corrected chi connectivity index (χ3v) is 6.03. The number of nitrogens with one attached hydrogen (secondary N) is 1. The highest BCUT2D eigenvalue weighted by atomic mass is 16.5. The van der Waals surface area contributed by atoms with Crippen molar-refractivity contribution < 1.29 is 9.47 Å². The summed E-state index contributed by atoms with van der Waals surface area (Å²) in [5, 5.41) is 4.45. The molecule has 35 heavy (non-hydrogen) atoms. The fourth-order valence-corrected chi connectivity index (χ4v) is 4.06. The van der Waals surface area contributed by atoms with Crippen molar-refractivity contribution in [1.29, 1.82) is 0 Å². The maximum absolute atomic E-state index is 6.00. The molecular formula is C26H27N7O2. The van der Waals surface area contributed by atoms with Crippen molar-refractivity contribution in [3.05, 3.63) is 66.0 Å². The van der Waals surface area contributed by atoms with Crippen LogP contribution in [0.15, 0.2) is 60.0 Å². The quantitative estimate of drug-likeness (QED) is 0.324. The summed E-state index contributed by atoms with van der Waals surface area (Å²) in [6, 6.07) is 16.2. The van der Waals surface area contributed by atoms with Crippen molar-refractivity contribution in [1.82, 2.24) is 19.5 Å². The molecule has 9 nitrogen and oxygen atoms in total. The molecule has 2 aromatic heterocycles. The van der Waals surface area contributed by atoms with Gasteiger partial charge in [0.05, 0.1) is 31.2 Å². The van der Waals surface area contributed by atoms with Crippen molar-refractivity contribution in [2.45, 2.75) is 25.9 Å². The van der Waals surface area contributed by atoms with Gasteiger partial charge >= 0.3 is 0 Å². The number of benzene rings is 2. The van der Waals surface area contributed by atoms with Gasteiger partial charge in [-0.15, -0.1) is 0 Å². The van der Waals surface area contributed by atoms with Gasteiger partial charge in [-0.3, -0.25) is 9.99 Å². The molecule has 2 aliphatic rings. The predicted molar refractivity (Wildman–Crippen MR) is 136 cm³/mol. The number of hydrogen-bond donors (Lipinski definition) is 1. The summed E-state index contributed by atoms with van der Waals surface area (Å²) >= 11 is 0. The zero-order valence-electron chi connectivity index (χ0n) is 19.6. The summed E-state index contributed by atoms with van der Waals surface area (Å²) in [5.41, 5.74) is 7.59. The summed E-state index contributed by atoms with van der Waals surface area (Å²) in [4.78, 5) is 16.5. The molecule has 178 valence electrons. The predicted octanol–water partition coefficient (Wildman–Crippen LogP) is 3.95. The van der Waals surface area contributed by atoms with E-state index in [4.69, 9.17) is 19.4 Å².